The summed E-state index contributed by atoms with van der Waals surface area (Å²) < 4.78 is 13.6. The average Bonchev–Trinajstić information content (AvgIpc) is 2.12. The van der Waals surface area contributed by atoms with E-state index in [9.17, 15) is 9.18 Å². The van der Waals surface area contributed by atoms with Crippen LogP contribution in [0.2, 0.25) is 0 Å². The van der Waals surface area contributed by atoms with E-state index in [1.54, 1.807) is 6.07 Å². The van der Waals surface area contributed by atoms with Gasteiger partial charge in [0.15, 0.2) is 0 Å². The average molecular weight is 287 g/mol. The second-order valence-electron chi connectivity index (χ2n) is 4.33. The fraction of sp³-hybridized carbons (Fsp3) is 0.417. The van der Waals surface area contributed by atoms with Crippen molar-refractivity contribution in [2.45, 2.75) is 31.1 Å². The molecule has 0 heterocycles. The SMILES string of the molecule is O=C(O)CC1(c2ccc(F)cc2Br)CCC1. The Morgan fingerprint density at radius 1 is 1.50 bits per heavy atom. The molecule has 86 valence electrons. The summed E-state index contributed by atoms with van der Waals surface area (Å²) in [5.41, 5.74) is 0.626. The highest BCUT2D eigenvalue weighted by Crippen LogP contribution is 2.48. The van der Waals surface area contributed by atoms with Crippen LogP contribution in [0.15, 0.2) is 22.7 Å². The van der Waals surface area contributed by atoms with Crippen LogP contribution < -0.4 is 0 Å². The van der Waals surface area contributed by atoms with E-state index in [4.69, 9.17) is 5.11 Å². The molecule has 0 unspecified atom stereocenters. The summed E-state index contributed by atoms with van der Waals surface area (Å²) in [6.07, 6.45) is 2.89. The zero-order valence-corrected chi connectivity index (χ0v) is 10.3. The van der Waals surface area contributed by atoms with E-state index in [1.807, 2.05) is 0 Å². The first-order chi connectivity index (χ1) is 7.53. The minimum atomic E-state index is -0.795. The van der Waals surface area contributed by atoms with Crippen LogP contribution in [0.3, 0.4) is 0 Å². The van der Waals surface area contributed by atoms with Gasteiger partial charge in [0.1, 0.15) is 5.82 Å². The molecule has 1 N–H and O–H groups in total. The van der Waals surface area contributed by atoms with Gasteiger partial charge in [-0.2, -0.15) is 0 Å². The van der Waals surface area contributed by atoms with Crippen LogP contribution in [0.4, 0.5) is 4.39 Å². The highest BCUT2D eigenvalue weighted by molar-refractivity contribution is 9.10. The van der Waals surface area contributed by atoms with Crippen LogP contribution in [-0.2, 0) is 10.2 Å². The second kappa shape index (κ2) is 4.17. The number of carboxylic acid groups (broad SMARTS) is 1. The van der Waals surface area contributed by atoms with Crippen LogP contribution in [0.1, 0.15) is 31.2 Å². The van der Waals surface area contributed by atoms with Crippen molar-refractivity contribution in [3.8, 4) is 0 Å². The van der Waals surface area contributed by atoms with Gasteiger partial charge in [0, 0.05) is 9.89 Å². The molecule has 0 aliphatic heterocycles. The lowest BCUT2D eigenvalue weighted by atomic mass is 9.62. The van der Waals surface area contributed by atoms with Crippen molar-refractivity contribution in [2.24, 2.45) is 0 Å². The van der Waals surface area contributed by atoms with E-state index in [0.29, 0.717) is 4.47 Å². The predicted octanol–water partition coefficient (Wildman–Crippen LogP) is 3.48. The van der Waals surface area contributed by atoms with Crippen molar-refractivity contribution >= 4 is 21.9 Å². The summed E-state index contributed by atoms with van der Waals surface area (Å²) in [6, 6.07) is 4.49. The third kappa shape index (κ3) is 1.98. The summed E-state index contributed by atoms with van der Waals surface area (Å²) in [5.74, 6) is -1.10. The molecule has 16 heavy (non-hydrogen) atoms. The highest BCUT2D eigenvalue weighted by Gasteiger charge is 2.41. The monoisotopic (exact) mass is 286 g/mol. The Labute approximate surface area is 102 Å². The molecule has 2 rings (SSSR count). The molecule has 0 radical (unpaired) electrons. The molecule has 0 atom stereocenters. The van der Waals surface area contributed by atoms with Crippen molar-refractivity contribution < 1.29 is 14.3 Å². The van der Waals surface area contributed by atoms with Gasteiger partial charge in [-0.1, -0.05) is 28.4 Å². The quantitative estimate of drug-likeness (QED) is 0.924. The van der Waals surface area contributed by atoms with E-state index in [-0.39, 0.29) is 17.7 Å². The second-order valence-corrected chi connectivity index (χ2v) is 5.18. The maximum Gasteiger partial charge on any atom is 0.304 e. The van der Waals surface area contributed by atoms with E-state index >= 15 is 0 Å². The molecule has 0 amide bonds. The Hall–Kier alpha value is -0.900. The van der Waals surface area contributed by atoms with Gasteiger partial charge in [-0.05, 0) is 30.5 Å². The van der Waals surface area contributed by atoms with Gasteiger partial charge in [0.05, 0.1) is 6.42 Å². The lowest BCUT2D eigenvalue weighted by molar-refractivity contribution is -0.139. The Morgan fingerprint density at radius 3 is 2.62 bits per heavy atom. The zero-order valence-electron chi connectivity index (χ0n) is 8.67. The first kappa shape index (κ1) is 11.6. The molecule has 1 aromatic rings. The van der Waals surface area contributed by atoms with E-state index < -0.39 is 5.97 Å². The van der Waals surface area contributed by atoms with E-state index in [0.717, 1.165) is 24.8 Å². The fourth-order valence-electron chi connectivity index (χ4n) is 2.35. The molecule has 1 aliphatic carbocycles. The van der Waals surface area contributed by atoms with Crippen molar-refractivity contribution in [2.75, 3.05) is 0 Å². The summed E-state index contributed by atoms with van der Waals surface area (Å²) in [5, 5.41) is 8.93. The minimum Gasteiger partial charge on any atom is -0.481 e. The molecule has 0 spiro atoms. The lowest BCUT2D eigenvalue weighted by Crippen LogP contribution is -2.36. The summed E-state index contributed by atoms with van der Waals surface area (Å²) in [6.45, 7) is 0. The molecule has 1 fully saturated rings. The van der Waals surface area contributed by atoms with Gasteiger partial charge in [0.25, 0.3) is 0 Å². The number of halogens is 2. The van der Waals surface area contributed by atoms with Crippen molar-refractivity contribution in [1.29, 1.82) is 0 Å². The number of aliphatic carboxylic acids is 1. The molecule has 0 aromatic heterocycles. The first-order valence-electron chi connectivity index (χ1n) is 5.21. The summed E-state index contributed by atoms with van der Waals surface area (Å²) in [4.78, 5) is 10.9. The predicted molar refractivity (Wildman–Crippen MR) is 61.9 cm³/mol. The number of carbonyl (C=O) groups is 1. The number of hydrogen-bond acceptors (Lipinski definition) is 1. The van der Waals surface area contributed by atoms with Gasteiger partial charge < -0.3 is 5.11 Å². The number of rotatable bonds is 3. The molecule has 4 heteroatoms. The van der Waals surface area contributed by atoms with Crippen molar-refractivity contribution in [3.05, 3.63) is 34.1 Å². The Bertz CT molecular complexity index is 427. The molecule has 0 saturated heterocycles. The maximum absolute atomic E-state index is 13.0. The van der Waals surface area contributed by atoms with Gasteiger partial charge in [-0.15, -0.1) is 0 Å². The van der Waals surface area contributed by atoms with Gasteiger partial charge in [-0.25, -0.2) is 4.39 Å². The smallest absolute Gasteiger partial charge is 0.304 e. The topological polar surface area (TPSA) is 37.3 Å². The van der Waals surface area contributed by atoms with Gasteiger partial charge in [-0.3, -0.25) is 4.79 Å². The third-order valence-electron chi connectivity index (χ3n) is 3.30. The standard InChI is InChI=1S/C12H12BrFO2/c13-10-6-8(14)2-3-9(10)12(4-1-5-12)7-11(15)16/h2-3,6H,1,4-5,7H2,(H,15,16). The number of hydrogen-bond donors (Lipinski definition) is 1. The van der Waals surface area contributed by atoms with Crippen LogP contribution in [-0.4, -0.2) is 11.1 Å². The Kier molecular flexibility index (Phi) is 3.02. The van der Waals surface area contributed by atoms with Crippen LogP contribution >= 0.6 is 15.9 Å². The molecule has 1 aliphatic rings. The highest BCUT2D eigenvalue weighted by atomic mass is 79.9. The zero-order chi connectivity index (χ0) is 11.8. The minimum absolute atomic E-state index is 0.122. The van der Waals surface area contributed by atoms with Crippen molar-refractivity contribution in [1.82, 2.24) is 0 Å². The summed E-state index contributed by atoms with van der Waals surface area (Å²) in [7, 11) is 0. The number of carboxylic acids is 1. The van der Waals surface area contributed by atoms with Crippen LogP contribution in [0, 0.1) is 5.82 Å². The molecular formula is C12H12BrFO2. The summed E-state index contributed by atoms with van der Waals surface area (Å²) >= 11 is 3.31. The molecule has 1 saturated carbocycles. The van der Waals surface area contributed by atoms with Gasteiger partial charge >= 0.3 is 5.97 Å². The molecule has 2 nitrogen and oxygen atoms in total. The third-order valence-corrected chi connectivity index (χ3v) is 3.96. The largest absolute Gasteiger partial charge is 0.481 e. The lowest BCUT2D eigenvalue weighted by Gasteiger charge is -2.42. The molecular weight excluding hydrogens is 275 g/mol. The van der Waals surface area contributed by atoms with Crippen molar-refractivity contribution in [3.63, 3.8) is 0 Å². The molecule has 0 bridgehead atoms. The van der Waals surface area contributed by atoms with Crippen LogP contribution in [0.5, 0.6) is 0 Å². The van der Waals surface area contributed by atoms with Gasteiger partial charge in [0.2, 0.25) is 0 Å². The Morgan fingerprint density at radius 2 is 2.19 bits per heavy atom. The maximum atomic E-state index is 13.0. The normalized spacial score (nSPS) is 17.9. The first-order valence-corrected chi connectivity index (χ1v) is 6.00. The fourth-order valence-corrected chi connectivity index (χ4v) is 3.13. The van der Waals surface area contributed by atoms with E-state index in [2.05, 4.69) is 15.9 Å². The Balaban J connectivity index is 2.36. The van der Waals surface area contributed by atoms with Crippen LogP contribution in [0.25, 0.3) is 0 Å². The molecule has 1 aromatic carbocycles. The van der Waals surface area contributed by atoms with E-state index in [1.165, 1.54) is 12.1 Å². The number of benzene rings is 1.